The van der Waals surface area contributed by atoms with E-state index in [1.165, 1.54) is 38.5 Å². The second-order valence-corrected chi connectivity index (χ2v) is 8.84. The van der Waals surface area contributed by atoms with Crippen LogP contribution in [0.3, 0.4) is 0 Å². The van der Waals surface area contributed by atoms with Gasteiger partial charge in [0.25, 0.3) is 0 Å². The van der Waals surface area contributed by atoms with Crippen molar-refractivity contribution in [1.82, 2.24) is 0 Å². The molecule has 0 spiro atoms. The standard InChI is InChI=1S/C24H44O4/c1-4-5-6-8-13-18-27-23(25)21-16-11-12-17-22(21)24(26)28-19-14-9-7-10-15-20(2)3/h20-22H,4-19H2,1-3H3. The van der Waals surface area contributed by atoms with Gasteiger partial charge >= 0.3 is 11.9 Å². The van der Waals surface area contributed by atoms with E-state index in [0.29, 0.717) is 13.2 Å². The maximum Gasteiger partial charge on any atom is 0.309 e. The third-order valence-electron chi connectivity index (χ3n) is 5.78. The van der Waals surface area contributed by atoms with Gasteiger partial charge < -0.3 is 9.47 Å². The Hall–Kier alpha value is -1.06. The summed E-state index contributed by atoms with van der Waals surface area (Å²) in [4.78, 5) is 25.0. The molecule has 164 valence electrons. The SMILES string of the molecule is CCCCCCCOC(=O)C1CCCCC1C(=O)OCCCCCCC(C)C. The zero-order chi connectivity index (χ0) is 20.6. The van der Waals surface area contributed by atoms with Gasteiger partial charge in [-0.15, -0.1) is 0 Å². The fourth-order valence-corrected chi connectivity index (χ4v) is 3.97. The van der Waals surface area contributed by atoms with Crippen LogP contribution >= 0.6 is 0 Å². The first-order chi connectivity index (χ1) is 13.6. The molecule has 0 bridgehead atoms. The normalized spacial score (nSPS) is 19.6. The number of hydrogen-bond acceptors (Lipinski definition) is 4. The van der Waals surface area contributed by atoms with Crippen LogP contribution in [0.2, 0.25) is 0 Å². The molecule has 28 heavy (non-hydrogen) atoms. The molecule has 2 unspecified atom stereocenters. The van der Waals surface area contributed by atoms with Crippen LogP contribution < -0.4 is 0 Å². The first-order valence-electron chi connectivity index (χ1n) is 11.9. The molecule has 0 radical (unpaired) electrons. The average molecular weight is 397 g/mol. The van der Waals surface area contributed by atoms with Crippen LogP contribution in [0.5, 0.6) is 0 Å². The maximum absolute atomic E-state index is 12.5. The first kappa shape index (κ1) is 25.0. The Morgan fingerprint density at radius 1 is 0.750 bits per heavy atom. The lowest BCUT2D eigenvalue weighted by molar-refractivity contribution is -0.163. The summed E-state index contributed by atoms with van der Waals surface area (Å²) in [6.45, 7) is 7.66. The molecule has 1 fully saturated rings. The van der Waals surface area contributed by atoms with Crippen molar-refractivity contribution in [3.63, 3.8) is 0 Å². The summed E-state index contributed by atoms with van der Waals surface area (Å²) in [5, 5.41) is 0. The molecule has 4 heteroatoms. The van der Waals surface area contributed by atoms with Gasteiger partial charge in [0.15, 0.2) is 0 Å². The molecule has 0 heterocycles. The fraction of sp³-hybridized carbons (Fsp3) is 0.917. The van der Waals surface area contributed by atoms with Gasteiger partial charge in [-0.3, -0.25) is 9.59 Å². The largest absolute Gasteiger partial charge is 0.465 e. The van der Waals surface area contributed by atoms with E-state index in [1.54, 1.807) is 0 Å². The van der Waals surface area contributed by atoms with E-state index in [0.717, 1.165) is 57.3 Å². The number of carbonyl (C=O) groups excluding carboxylic acids is 2. The Balaban J connectivity index is 2.24. The number of carbonyl (C=O) groups is 2. The lowest BCUT2D eigenvalue weighted by Gasteiger charge is -2.28. The second-order valence-electron chi connectivity index (χ2n) is 8.84. The topological polar surface area (TPSA) is 52.6 Å². The minimum absolute atomic E-state index is 0.188. The van der Waals surface area contributed by atoms with Gasteiger partial charge in [0.05, 0.1) is 25.0 Å². The monoisotopic (exact) mass is 396 g/mol. The number of rotatable bonds is 15. The van der Waals surface area contributed by atoms with Crippen molar-refractivity contribution in [2.75, 3.05) is 13.2 Å². The highest BCUT2D eigenvalue weighted by atomic mass is 16.5. The molecule has 0 N–H and O–H groups in total. The molecular formula is C24H44O4. The second kappa shape index (κ2) is 15.8. The summed E-state index contributed by atoms with van der Waals surface area (Å²) in [7, 11) is 0. The predicted molar refractivity (Wildman–Crippen MR) is 114 cm³/mol. The summed E-state index contributed by atoms with van der Waals surface area (Å²) in [6, 6.07) is 0. The van der Waals surface area contributed by atoms with Crippen LogP contribution in [0.4, 0.5) is 0 Å². The lowest BCUT2D eigenvalue weighted by Crippen LogP contribution is -2.35. The molecule has 0 aromatic rings. The molecule has 1 rings (SSSR count). The van der Waals surface area contributed by atoms with Gasteiger partial charge in [-0.25, -0.2) is 0 Å². The Morgan fingerprint density at radius 3 is 1.68 bits per heavy atom. The predicted octanol–water partition coefficient (Wildman–Crippen LogP) is 6.46. The van der Waals surface area contributed by atoms with Crippen LogP contribution in [-0.4, -0.2) is 25.2 Å². The summed E-state index contributed by atoms with van der Waals surface area (Å²) in [6.07, 6.45) is 14.9. The van der Waals surface area contributed by atoms with Gasteiger partial charge in [0.2, 0.25) is 0 Å². The van der Waals surface area contributed by atoms with E-state index < -0.39 is 0 Å². The fourth-order valence-electron chi connectivity index (χ4n) is 3.97. The molecule has 1 saturated carbocycles. The van der Waals surface area contributed by atoms with Gasteiger partial charge in [-0.05, 0) is 31.6 Å². The van der Waals surface area contributed by atoms with Crippen molar-refractivity contribution in [3.8, 4) is 0 Å². The molecule has 4 nitrogen and oxygen atoms in total. The summed E-state index contributed by atoms with van der Waals surface area (Å²) in [5.74, 6) is -0.222. The smallest absolute Gasteiger partial charge is 0.309 e. The van der Waals surface area contributed by atoms with Gasteiger partial charge in [-0.1, -0.05) is 85.0 Å². The zero-order valence-electron chi connectivity index (χ0n) is 18.7. The third-order valence-corrected chi connectivity index (χ3v) is 5.78. The summed E-state index contributed by atoms with van der Waals surface area (Å²) >= 11 is 0. The van der Waals surface area contributed by atoms with Crippen LogP contribution in [0.15, 0.2) is 0 Å². The Bertz CT molecular complexity index is 419. The molecule has 1 aliphatic carbocycles. The molecule has 0 aliphatic heterocycles. The highest BCUT2D eigenvalue weighted by Gasteiger charge is 2.37. The maximum atomic E-state index is 12.5. The van der Waals surface area contributed by atoms with Crippen molar-refractivity contribution in [3.05, 3.63) is 0 Å². The van der Waals surface area contributed by atoms with Crippen molar-refractivity contribution in [2.45, 2.75) is 111 Å². The van der Waals surface area contributed by atoms with Crippen LogP contribution in [0.25, 0.3) is 0 Å². The van der Waals surface area contributed by atoms with E-state index in [2.05, 4.69) is 20.8 Å². The highest BCUT2D eigenvalue weighted by Crippen LogP contribution is 2.32. The zero-order valence-corrected chi connectivity index (χ0v) is 18.7. The summed E-state index contributed by atoms with van der Waals surface area (Å²) < 4.78 is 11.0. The van der Waals surface area contributed by atoms with Gasteiger partial charge in [0.1, 0.15) is 0 Å². The highest BCUT2D eigenvalue weighted by molar-refractivity contribution is 5.82. The van der Waals surface area contributed by atoms with E-state index in [1.807, 2.05) is 0 Å². The van der Waals surface area contributed by atoms with Crippen molar-refractivity contribution in [1.29, 1.82) is 0 Å². The molecule has 0 aromatic heterocycles. The molecule has 2 atom stereocenters. The third kappa shape index (κ3) is 11.1. The number of unbranched alkanes of at least 4 members (excludes halogenated alkanes) is 7. The molecule has 0 amide bonds. The van der Waals surface area contributed by atoms with Crippen molar-refractivity contribution < 1.29 is 19.1 Å². The van der Waals surface area contributed by atoms with E-state index >= 15 is 0 Å². The van der Waals surface area contributed by atoms with Gasteiger partial charge in [-0.2, -0.15) is 0 Å². The van der Waals surface area contributed by atoms with Crippen LogP contribution in [0.1, 0.15) is 111 Å². The molecule has 1 aliphatic rings. The number of esters is 2. The average Bonchev–Trinajstić information content (AvgIpc) is 2.69. The summed E-state index contributed by atoms with van der Waals surface area (Å²) in [5.41, 5.74) is 0. The van der Waals surface area contributed by atoms with E-state index in [9.17, 15) is 9.59 Å². The quantitative estimate of drug-likeness (QED) is 0.235. The lowest BCUT2D eigenvalue weighted by atomic mass is 9.79. The first-order valence-corrected chi connectivity index (χ1v) is 11.9. The van der Waals surface area contributed by atoms with Gasteiger partial charge in [0, 0.05) is 0 Å². The molecule has 0 saturated heterocycles. The Labute approximate surface area is 173 Å². The Morgan fingerprint density at radius 2 is 1.21 bits per heavy atom. The minimum Gasteiger partial charge on any atom is -0.465 e. The van der Waals surface area contributed by atoms with E-state index in [-0.39, 0.29) is 23.8 Å². The molecule has 0 aromatic carbocycles. The van der Waals surface area contributed by atoms with Crippen molar-refractivity contribution in [2.24, 2.45) is 17.8 Å². The van der Waals surface area contributed by atoms with E-state index in [4.69, 9.17) is 9.47 Å². The van der Waals surface area contributed by atoms with Crippen LogP contribution in [-0.2, 0) is 19.1 Å². The Kier molecular flexibility index (Phi) is 14.1. The number of ether oxygens (including phenoxy) is 2. The minimum atomic E-state index is -0.303. The van der Waals surface area contributed by atoms with Crippen molar-refractivity contribution >= 4 is 11.9 Å². The molecular weight excluding hydrogens is 352 g/mol. The van der Waals surface area contributed by atoms with Crippen LogP contribution in [0, 0.1) is 17.8 Å². The number of hydrogen-bond donors (Lipinski definition) is 0.